The Labute approximate surface area is 101 Å². The van der Waals surface area contributed by atoms with Gasteiger partial charge < -0.3 is 10.6 Å². The van der Waals surface area contributed by atoms with Gasteiger partial charge in [-0.1, -0.05) is 17.7 Å². The van der Waals surface area contributed by atoms with Crippen molar-refractivity contribution in [3.8, 4) is 6.07 Å². The van der Waals surface area contributed by atoms with Crippen molar-refractivity contribution in [3.05, 3.63) is 34.3 Å². The average molecular weight is 238 g/mol. The van der Waals surface area contributed by atoms with Gasteiger partial charge in [-0.3, -0.25) is 0 Å². The molecule has 86 valence electrons. The summed E-state index contributed by atoms with van der Waals surface area (Å²) in [7, 11) is 2.03. The number of rotatable bonds is 5. The third-order valence-electron chi connectivity index (χ3n) is 2.37. The SMILES string of the molecule is CN(CCCN)Cc1ccc(C#N)cc1Cl. The Hall–Kier alpha value is -1.08. The van der Waals surface area contributed by atoms with Crippen LogP contribution in [0.5, 0.6) is 0 Å². The first-order valence-corrected chi connectivity index (χ1v) is 5.62. The van der Waals surface area contributed by atoms with Gasteiger partial charge in [-0.2, -0.15) is 5.26 Å². The van der Waals surface area contributed by atoms with Crippen molar-refractivity contribution in [1.29, 1.82) is 5.26 Å². The van der Waals surface area contributed by atoms with Crippen LogP contribution in [0.2, 0.25) is 5.02 Å². The number of halogens is 1. The molecule has 0 aliphatic heterocycles. The molecule has 0 saturated carbocycles. The maximum Gasteiger partial charge on any atom is 0.0992 e. The quantitative estimate of drug-likeness (QED) is 0.852. The van der Waals surface area contributed by atoms with E-state index in [1.807, 2.05) is 13.1 Å². The molecule has 16 heavy (non-hydrogen) atoms. The van der Waals surface area contributed by atoms with E-state index in [-0.39, 0.29) is 0 Å². The molecule has 1 aromatic carbocycles. The predicted molar refractivity (Wildman–Crippen MR) is 66.2 cm³/mol. The zero-order chi connectivity index (χ0) is 12.0. The maximum absolute atomic E-state index is 8.72. The number of benzene rings is 1. The summed E-state index contributed by atoms with van der Waals surface area (Å²) in [6.45, 7) is 2.43. The van der Waals surface area contributed by atoms with Crippen molar-refractivity contribution in [3.63, 3.8) is 0 Å². The molecule has 1 rings (SSSR count). The third-order valence-corrected chi connectivity index (χ3v) is 2.72. The summed E-state index contributed by atoms with van der Waals surface area (Å²) in [6.07, 6.45) is 0.977. The molecule has 0 unspecified atom stereocenters. The summed E-state index contributed by atoms with van der Waals surface area (Å²) in [5, 5.41) is 9.37. The molecule has 0 heterocycles. The van der Waals surface area contributed by atoms with Crippen LogP contribution in [0.4, 0.5) is 0 Å². The molecular formula is C12H16ClN3. The molecular weight excluding hydrogens is 222 g/mol. The summed E-state index contributed by atoms with van der Waals surface area (Å²) >= 11 is 6.08. The first-order chi connectivity index (χ1) is 7.67. The lowest BCUT2D eigenvalue weighted by molar-refractivity contribution is 0.324. The fraction of sp³-hybridized carbons (Fsp3) is 0.417. The van der Waals surface area contributed by atoms with E-state index in [0.717, 1.165) is 25.1 Å². The Bertz CT molecular complexity index is 384. The molecule has 2 N–H and O–H groups in total. The topological polar surface area (TPSA) is 53.0 Å². The van der Waals surface area contributed by atoms with Gasteiger partial charge in [0.1, 0.15) is 0 Å². The van der Waals surface area contributed by atoms with Gasteiger partial charge in [0.15, 0.2) is 0 Å². The van der Waals surface area contributed by atoms with Crippen LogP contribution >= 0.6 is 11.6 Å². The minimum atomic E-state index is 0.596. The second-order valence-corrected chi connectivity index (χ2v) is 4.21. The lowest BCUT2D eigenvalue weighted by Gasteiger charge is -2.16. The first-order valence-electron chi connectivity index (χ1n) is 5.24. The highest BCUT2D eigenvalue weighted by Gasteiger charge is 2.05. The van der Waals surface area contributed by atoms with Crippen LogP contribution in [0.1, 0.15) is 17.5 Å². The molecule has 0 aliphatic carbocycles. The van der Waals surface area contributed by atoms with Crippen LogP contribution in [-0.2, 0) is 6.54 Å². The van der Waals surface area contributed by atoms with E-state index in [0.29, 0.717) is 17.1 Å². The minimum Gasteiger partial charge on any atom is -0.330 e. The van der Waals surface area contributed by atoms with E-state index in [9.17, 15) is 0 Å². The largest absolute Gasteiger partial charge is 0.330 e. The molecule has 1 aromatic rings. The Morgan fingerprint density at radius 1 is 1.50 bits per heavy atom. The highest BCUT2D eigenvalue weighted by Crippen LogP contribution is 2.18. The van der Waals surface area contributed by atoms with Crippen molar-refractivity contribution < 1.29 is 0 Å². The Morgan fingerprint density at radius 3 is 2.81 bits per heavy atom. The lowest BCUT2D eigenvalue weighted by atomic mass is 10.1. The van der Waals surface area contributed by atoms with Crippen LogP contribution in [-0.4, -0.2) is 25.0 Å². The Morgan fingerprint density at radius 2 is 2.25 bits per heavy atom. The van der Waals surface area contributed by atoms with Crippen LogP contribution < -0.4 is 5.73 Å². The Balaban J connectivity index is 2.64. The normalized spacial score (nSPS) is 10.4. The first kappa shape index (κ1) is 13.0. The van der Waals surface area contributed by atoms with Gasteiger partial charge in [-0.15, -0.1) is 0 Å². The molecule has 3 nitrogen and oxygen atoms in total. The molecule has 0 fully saturated rings. The Kier molecular flexibility index (Phi) is 5.27. The second-order valence-electron chi connectivity index (χ2n) is 3.80. The van der Waals surface area contributed by atoms with Crippen molar-refractivity contribution in [2.24, 2.45) is 5.73 Å². The van der Waals surface area contributed by atoms with E-state index in [1.54, 1.807) is 12.1 Å². The summed E-state index contributed by atoms with van der Waals surface area (Å²) in [5.41, 5.74) is 7.09. The average Bonchev–Trinajstić information content (AvgIpc) is 2.29. The highest BCUT2D eigenvalue weighted by atomic mass is 35.5. The van der Waals surface area contributed by atoms with Crippen molar-refractivity contribution >= 4 is 11.6 Å². The fourth-order valence-electron chi connectivity index (χ4n) is 1.48. The van der Waals surface area contributed by atoms with Crippen LogP contribution in [0.25, 0.3) is 0 Å². The van der Waals surface area contributed by atoms with Gasteiger partial charge >= 0.3 is 0 Å². The van der Waals surface area contributed by atoms with Gasteiger partial charge in [0.25, 0.3) is 0 Å². The molecule has 0 amide bonds. The van der Waals surface area contributed by atoms with E-state index in [4.69, 9.17) is 22.6 Å². The zero-order valence-corrected chi connectivity index (χ0v) is 10.2. The van der Waals surface area contributed by atoms with Gasteiger partial charge in [0.2, 0.25) is 0 Å². The molecule has 0 aromatic heterocycles. The summed E-state index contributed by atoms with van der Waals surface area (Å²) in [4.78, 5) is 2.17. The monoisotopic (exact) mass is 237 g/mol. The van der Waals surface area contributed by atoms with Crippen molar-refractivity contribution in [2.75, 3.05) is 20.1 Å². The van der Waals surface area contributed by atoms with Crippen LogP contribution in [0.3, 0.4) is 0 Å². The highest BCUT2D eigenvalue weighted by molar-refractivity contribution is 6.31. The number of hydrogen-bond donors (Lipinski definition) is 1. The molecule has 0 bridgehead atoms. The van der Waals surface area contributed by atoms with Crippen LogP contribution in [0.15, 0.2) is 18.2 Å². The van der Waals surface area contributed by atoms with Crippen molar-refractivity contribution in [1.82, 2.24) is 4.90 Å². The van der Waals surface area contributed by atoms with E-state index < -0.39 is 0 Å². The van der Waals surface area contributed by atoms with Gasteiger partial charge in [0, 0.05) is 11.6 Å². The zero-order valence-electron chi connectivity index (χ0n) is 9.41. The molecule has 0 spiro atoms. The van der Waals surface area contributed by atoms with Gasteiger partial charge in [0.05, 0.1) is 11.6 Å². The number of nitrogens with two attached hydrogens (primary N) is 1. The van der Waals surface area contributed by atoms with Crippen molar-refractivity contribution in [2.45, 2.75) is 13.0 Å². The molecule has 0 atom stereocenters. The number of nitrogens with zero attached hydrogens (tertiary/aromatic N) is 2. The maximum atomic E-state index is 8.72. The third kappa shape index (κ3) is 3.82. The molecule has 0 saturated heterocycles. The minimum absolute atomic E-state index is 0.596. The van der Waals surface area contributed by atoms with E-state index in [1.165, 1.54) is 0 Å². The standard InChI is InChI=1S/C12H16ClN3/c1-16(6-2-5-14)9-11-4-3-10(8-15)7-12(11)13/h3-4,7H,2,5-6,9,14H2,1H3. The van der Waals surface area contributed by atoms with E-state index in [2.05, 4.69) is 11.0 Å². The summed E-state index contributed by atoms with van der Waals surface area (Å²) < 4.78 is 0. The number of hydrogen-bond acceptors (Lipinski definition) is 3. The van der Waals surface area contributed by atoms with E-state index >= 15 is 0 Å². The fourth-order valence-corrected chi connectivity index (χ4v) is 1.72. The molecule has 4 heteroatoms. The summed E-state index contributed by atoms with van der Waals surface area (Å²) in [6, 6.07) is 7.46. The summed E-state index contributed by atoms with van der Waals surface area (Å²) in [5.74, 6) is 0. The second kappa shape index (κ2) is 6.49. The lowest BCUT2D eigenvalue weighted by Crippen LogP contribution is -2.21. The molecule has 0 radical (unpaired) electrons. The number of nitriles is 1. The molecule has 0 aliphatic rings. The van der Waals surface area contributed by atoms with Crippen LogP contribution in [0, 0.1) is 11.3 Å². The van der Waals surface area contributed by atoms with Gasteiger partial charge in [-0.05, 0) is 44.3 Å². The smallest absolute Gasteiger partial charge is 0.0992 e. The van der Waals surface area contributed by atoms with Gasteiger partial charge in [-0.25, -0.2) is 0 Å². The predicted octanol–water partition coefficient (Wildman–Crippen LogP) is 1.99.